The van der Waals surface area contributed by atoms with Crippen LogP contribution >= 0.6 is 0 Å². The second-order valence-electron chi connectivity index (χ2n) is 7.14. The monoisotopic (exact) mass is 356 g/mol. The Morgan fingerprint density at radius 2 is 2.19 bits per heavy atom. The van der Waals surface area contributed by atoms with E-state index in [0.717, 1.165) is 41.8 Å². The second kappa shape index (κ2) is 7.91. The van der Waals surface area contributed by atoms with Crippen molar-refractivity contribution in [1.82, 2.24) is 14.7 Å². The smallest absolute Gasteiger partial charge is 0.322 e. The van der Waals surface area contributed by atoms with E-state index < -0.39 is 0 Å². The standard InChI is InChI=1S/C20H28N4O2/c1-14(2)26-13-16-7-5-8-18(15(16)3)22-20(25)24-10-6-9-19-17(12-24)11-21-23(19)4/h5,7-8,11,14H,6,9-10,12-13H2,1-4H3,(H,22,25). The molecule has 1 aliphatic heterocycles. The molecule has 26 heavy (non-hydrogen) atoms. The summed E-state index contributed by atoms with van der Waals surface area (Å²) in [5, 5.41) is 7.40. The number of carbonyl (C=O) groups is 1. The molecule has 2 aromatic rings. The molecule has 1 aromatic carbocycles. The average molecular weight is 356 g/mol. The average Bonchev–Trinajstić information content (AvgIpc) is 2.82. The third kappa shape index (κ3) is 4.07. The first-order valence-electron chi connectivity index (χ1n) is 9.21. The van der Waals surface area contributed by atoms with E-state index in [1.807, 2.05) is 61.8 Å². The van der Waals surface area contributed by atoms with Gasteiger partial charge in [-0.25, -0.2) is 4.79 Å². The first-order chi connectivity index (χ1) is 12.5. The number of amides is 2. The van der Waals surface area contributed by atoms with Crippen molar-refractivity contribution in [2.45, 2.75) is 52.9 Å². The lowest BCUT2D eigenvalue weighted by Crippen LogP contribution is -2.34. The Bertz CT molecular complexity index is 782. The Morgan fingerprint density at radius 1 is 1.38 bits per heavy atom. The predicted octanol–water partition coefficient (Wildman–Crippen LogP) is 3.63. The highest BCUT2D eigenvalue weighted by Gasteiger charge is 2.21. The zero-order valence-corrected chi connectivity index (χ0v) is 16.1. The number of rotatable bonds is 4. The minimum atomic E-state index is -0.0632. The lowest BCUT2D eigenvalue weighted by Gasteiger charge is -2.22. The maximum absolute atomic E-state index is 12.8. The van der Waals surface area contributed by atoms with Crippen molar-refractivity contribution in [3.63, 3.8) is 0 Å². The lowest BCUT2D eigenvalue weighted by atomic mass is 10.1. The molecule has 0 spiro atoms. The van der Waals surface area contributed by atoms with Crippen molar-refractivity contribution in [2.24, 2.45) is 7.05 Å². The Balaban J connectivity index is 1.71. The first-order valence-corrected chi connectivity index (χ1v) is 9.21. The molecule has 140 valence electrons. The molecule has 2 amide bonds. The van der Waals surface area contributed by atoms with Crippen molar-refractivity contribution in [3.8, 4) is 0 Å². The second-order valence-corrected chi connectivity index (χ2v) is 7.14. The number of hydrogen-bond acceptors (Lipinski definition) is 3. The molecule has 0 saturated heterocycles. The number of aryl methyl sites for hydroxylation is 1. The van der Waals surface area contributed by atoms with Crippen LogP contribution in [0, 0.1) is 6.92 Å². The van der Waals surface area contributed by atoms with Crippen LogP contribution in [0.3, 0.4) is 0 Å². The van der Waals surface area contributed by atoms with Gasteiger partial charge in [-0.3, -0.25) is 4.68 Å². The molecule has 1 aliphatic rings. The molecule has 0 bridgehead atoms. The van der Waals surface area contributed by atoms with Crippen LogP contribution in [0.4, 0.5) is 10.5 Å². The molecule has 3 rings (SSSR count). The fourth-order valence-corrected chi connectivity index (χ4v) is 3.28. The zero-order valence-electron chi connectivity index (χ0n) is 16.1. The normalized spacial score (nSPS) is 14.3. The molecule has 0 radical (unpaired) electrons. The van der Waals surface area contributed by atoms with Gasteiger partial charge in [-0.05, 0) is 50.8 Å². The van der Waals surface area contributed by atoms with Crippen molar-refractivity contribution in [2.75, 3.05) is 11.9 Å². The molecule has 0 atom stereocenters. The van der Waals surface area contributed by atoms with E-state index >= 15 is 0 Å². The third-order valence-corrected chi connectivity index (χ3v) is 4.90. The number of nitrogens with zero attached hydrogens (tertiary/aromatic N) is 3. The summed E-state index contributed by atoms with van der Waals surface area (Å²) >= 11 is 0. The number of ether oxygens (including phenoxy) is 1. The Morgan fingerprint density at radius 3 is 2.96 bits per heavy atom. The van der Waals surface area contributed by atoms with E-state index in [4.69, 9.17) is 4.74 Å². The summed E-state index contributed by atoms with van der Waals surface area (Å²) in [7, 11) is 1.96. The zero-order chi connectivity index (χ0) is 18.7. The number of fused-ring (bicyclic) bond motifs is 1. The minimum Gasteiger partial charge on any atom is -0.374 e. The van der Waals surface area contributed by atoms with Crippen LogP contribution < -0.4 is 5.32 Å². The molecule has 6 nitrogen and oxygen atoms in total. The molecule has 0 unspecified atom stereocenters. The van der Waals surface area contributed by atoms with E-state index in [-0.39, 0.29) is 12.1 Å². The van der Waals surface area contributed by atoms with Gasteiger partial charge in [0.15, 0.2) is 0 Å². The van der Waals surface area contributed by atoms with Crippen LogP contribution in [0.25, 0.3) is 0 Å². The van der Waals surface area contributed by atoms with Gasteiger partial charge >= 0.3 is 6.03 Å². The number of aromatic nitrogens is 2. The molecule has 0 saturated carbocycles. The summed E-state index contributed by atoms with van der Waals surface area (Å²) < 4.78 is 7.63. The Kier molecular flexibility index (Phi) is 5.61. The van der Waals surface area contributed by atoms with Gasteiger partial charge in [-0.15, -0.1) is 0 Å². The van der Waals surface area contributed by atoms with Gasteiger partial charge in [-0.2, -0.15) is 5.10 Å². The van der Waals surface area contributed by atoms with Crippen LogP contribution in [-0.2, 0) is 31.4 Å². The van der Waals surface area contributed by atoms with Crippen LogP contribution in [0.5, 0.6) is 0 Å². The van der Waals surface area contributed by atoms with E-state index in [1.165, 1.54) is 5.69 Å². The molecule has 0 aliphatic carbocycles. The fourth-order valence-electron chi connectivity index (χ4n) is 3.28. The van der Waals surface area contributed by atoms with E-state index in [1.54, 1.807) is 0 Å². The SMILES string of the molecule is Cc1c(COC(C)C)cccc1NC(=O)N1CCCc2c(cnn2C)C1. The summed E-state index contributed by atoms with van der Waals surface area (Å²) in [6.07, 6.45) is 3.95. The third-order valence-electron chi connectivity index (χ3n) is 4.90. The van der Waals surface area contributed by atoms with Gasteiger partial charge in [0, 0.05) is 30.5 Å². The predicted molar refractivity (Wildman–Crippen MR) is 102 cm³/mol. The quantitative estimate of drug-likeness (QED) is 0.910. The number of anilines is 1. The maximum atomic E-state index is 12.8. The molecule has 1 aromatic heterocycles. The molecule has 6 heteroatoms. The summed E-state index contributed by atoms with van der Waals surface area (Å²) in [5.74, 6) is 0. The van der Waals surface area contributed by atoms with Gasteiger partial charge in [-0.1, -0.05) is 12.1 Å². The van der Waals surface area contributed by atoms with Gasteiger partial charge in [0.1, 0.15) is 0 Å². The molecule has 1 N–H and O–H groups in total. The van der Waals surface area contributed by atoms with Crippen molar-refractivity contribution in [1.29, 1.82) is 0 Å². The van der Waals surface area contributed by atoms with E-state index in [9.17, 15) is 4.79 Å². The van der Waals surface area contributed by atoms with Crippen molar-refractivity contribution >= 4 is 11.7 Å². The molecular weight excluding hydrogens is 328 g/mol. The number of carbonyl (C=O) groups excluding carboxylic acids is 1. The minimum absolute atomic E-state index is 0.0632. The number of benzene rings is 1. The summed E-state index contributed by atoms with van der Waals surface area (Å²) in [4.78, 5) is 14.7. The van der Waals surface area contributed by atoms with Crippen LogP contribution in [0.15, 0.2) is 24.4 Å². The summed E-state index contributed by atoms with van der Waals surface area (Å²) in [6, 6.07) is 5.89. The Hall–Kier alpha value is -2.34. The first kappa shape index (κ1) is 18.5. The summed E-state index contributed by atoms with van der Waals surface area (Å²) in [6.45, 7) is 7.96. The van der Waals surface area contributed by atoms with Crippen molar-refractivity contribution in [3.05, 3.63) is 46.8 Å². The van der Waals surface area contributed by atoms with Gasteiger partial charge in [0.05, 0.1) is 25.5 Å². The summed E-state index contributed by atoms with van der Waals surface area (Å²) in [5.41, 5.74) is 5.36. The maximum Gasteiger partial charge on any atom is 0.322 e. The van der Waals surface area contributed by atoms with Crippen LogP contribution in [0.1, 0.15) is 42.7 Å². The highest BCUT2D eigenvalue weighted by molar-refractivity contribution is 5.90. The molecule has 2 heterocycles. The lowest BCUT2D eigenvalue weighted by molar-refractivity contribution is 0.0654. The van der Waals surface area contributed by atoms with E-state index in [0.29, 0.717) is 13.2 Å². The highest BCUT2D eigenvalue weighted by atomic mass is 16.5. The van der Waals surface area contributed by atoms with Crippen molar-refractivity contribution < 1.29 is 9.53 Å². The topological polar surface area (TPSA) is 59.4 Å². The van der Waals surface area contributed by atoms with Crippen LogP contribution in [-0.4, -0.2) is 33.4 Å². The van der Waals surface area contributed by atoms with E-state index in [2.05, 4.69) is 10.4 Å². The van der Waals surface area contributed by atoms with Gasteiger partial charge in [0.25, 0.3) is 0 Å². The Labute approximate surface area is 155 Å². The largest absolute Gasteiger partial charge is 0.374 e. The number of hydrogen-bond donors (Lipinski definition) is 1. The highest BCUT2D eigenvalue weighted by Crippen LogP contribution is 2.22. The number of urea groups is 1. The van der Waals surface area contributed by atoms with Gasteiger partial charge < -0.3 is 15.0 Å². The molecular formula is C20H28N4O2. The van der Waals surface area contributed by atoms with Gasteiger partial charge in [0.2, 0.25) is 0 Å². The number of nitrogens with one attached hydrogen (secondary N) is 1. The fraction of sp³-hybridized carbons (Fsp3) is 0.500. The van der Waals surface area contributed by atoms with Crippen LogP contribution in [0.2, 0.25) is 0 Å². The molecule has 0 fully saturated rings.